The summed E-state index contributed by atoms with van der Waals surface area (Å²) in [7, 11) is 2.84. The number of carbonyl (C=O) groups is 2. The van der Waals surface area contributed by atoms with Crippen LogP contribution in [0.1, 0.15) is 71.4 Å². The van der Waals surface area contributed by atoms with Gasteiger partial charge in [0.2, 0.25) is 0 Å². The minimum Gasteiger partial charge on any atom is -0.545 e. The van der Waals surface area contributed by atoms with Crippen LogP contribution in [0, 0.1) is 0 Å². The first-order valence-electron chi connectivity index (χ1n) is 9.12. The molecule has 0 spiro atoms. The van der Waals surface area contributed by atoms with E-state index in [2.05, 4.69) is 19.2 Å². The zero-order valence-electron chi connectivity index (χ0n) is 17.1. The van der Waals surface area contributed by atoms with Crippen molar-refractivity contribution in [3.8, 4) is 11.5 Å². The molecule has 2 rings (SSSR count). The van der Waals surface area contributed by atoms with Gasteiger partial charge in [0.25, 0.3) is 5.91 Å². The Kier molecular flexibility index (Phi) is 6.67. The van der Waals surface area contributed by atoms with Gasteiger partial charge in [0.05, 0.1) is 25.9 Å². The number of amides is 1. The SMILES string of the molecule is COc1cc(NC(=O)c2ccc(C(C)C)cc2C(C)C)c(C(=O)[O-])cc1OC. The Bertz CT molecular complexity index is 887. The third-order valence-electron chi connectivity index (χ3n) is 4.60. The molecule has 0 bridgehead atoms. The predicted octanol–water partition coefficient (Wildman–Crippen LogP) is 3.57. The molecule has 2 aromatic carbocycles. The molecule has 2 aromatic rings. The van der Waals surface area contributed by atoms with Crippen molar-refractivity contribution in [3.05, 3.63) is 52.6 Å². The maximum atomic E-state index is 13.0. The average Bonchev–Trinajstić information content (AvgIpc) is 2.66. The van der Waals surface area contributed by atoms with E-state index in [1.165, 1.54) is 26.4 Å². The Balaban J connectivity index is 2.49. The lowest BCUT2D eigenvalue weighted by atomic mass is 9.91. The van der Waals surface area contributed by atoms with E-state index in [9.17, 15) is 14.7 Å². The van der Waals surface area contributed by atoms with E-state index in [-0.39, 0.29) is 22.9 Å². The maximum absolute atomic E-state index is 13.0. The average molecular weight is 384 g/mol. The van der Waals surface area contributed by atoms with Gasteiger partial charge in [0.1, 0.15) is 0 Å². The first kappa shape index (κ1) is 21.3. The fourth-order valence-electron chi connectivity index (χ4n) is 2.97. The van der Waals surface area contributed by atoms with Gasteiger partial charge in [0.15, 0.2) is 11.5 Å². The monoisotopic (exact) mass is 384 g/mol. The van der Waals surface area contributed by atoms with Gasteiger partial charge >= 0.3 is 0 Å². The first-order valence-corrected chi connectivity index (χ1v) is 9.12. The number of hydrogen-bond donors (Lipinski definition) is 1. The summed E-state index contributed by atoms with van der Waals surface area (Å²) in [4.78, 5) is 24.5. The summed E-state index contributed by atoms with van der Waals surface area (Å²) in [5.41, 5.74) is 2.45. The van der Waals surface area contributed by atoms with Crippen molar-refractivity contribution in [1.29, 1.82) is 0 Å². The van der Waals surface area contributed by atoms with Gasteiger partial charge < -0.3 is 24.7 Å². The van der Waals surface area contributed by atoms with Crippen LogP contribution in [0.2, 0.25) is 0 Å². The number of methoxy groups -OCH3 is 2. The van der Waals surface area contributed by atoms with Crippen LogP contribution in [-0.4, -0.2) is 26.1 Å². The minimum atomic E-state index is -1.42. The molecule has 0 atom stereocenters. The predicted molar refractivity (Wildman–Crippen MR) is 106 cm³/mol. The Morgan fingerprint density at radius 3 is 2.00 bits per heavy atom. The summed E-state index contributed by atoms with van der Waals surface area (Å²) in [5.74, 6) is -0.800. The second-order valence-corrected chi connectivity index (χ2v) is 7.15. The summed E-state index contributed by atoms with van der Waals surface area (Å²) < 4.78 is 10.3. The van der Waals surface area contributed by atoms with E-state index in [1.54, 1.807) is 6.07 Å². The summed E-state index contributed by atoms with van der Waals surface area (Å²) in [6.07, 6.45) is 0. The molecule has 0 saturated heterocycles. The minimum absolute atomic E-state index is 0.0882. The topological polar surface area (TPSA) is 87.7 Å². The van der Waals surface area contributed by atoms with Gasteiger partial charge in [-0.05, 0) is 35.1 Å². The molecular formula is C22H26NO5-. The van der Waals surface area contributed by atoms with Crippen LogP contribution in [0.4, 0.5) is 5.69 Å². The molecule has 0 aliphatic rings. The van der Waals surface area contributed by atoms with Crippen LogP contribution in [-0.2, 0) is 0 Å². The standard InChI is InChI=1S/C22H27NO5/c1-12(2)14-7-8-15(16(9-14)13(3)4)21(24)23-18-11-20(28-6)19(27-5)10-17(18)22(25)26/h7-13H,1-6H3,(H,23,24)(H,25,26)/p-1. The van der Waals surface area contributed by atoms with Crippen LogP contribution < -0.4 is 19.9 Å². The molecule has 1 N–H and O–H groups in total. The van der Waals surface area contributed by atoms with Crippen molar-refractivity contribution in [2.75, 3.05) is 19.5 Å². The molecule has 0 aliphatic heterocycles. The molecule has 6 heteroatoms. The van der Waals surface area contributed by atoms with Crippen LogP contribution >= 0.6 is 0 Å². The van der Waals surface area contributed by atoms with E-state index in [0.29, 0.717) is 17.2 Å². The third kappa shape index (κ3) is 4.44. The fourth-order valence-corrected chi connectivity index (χ4v) is 2.97. The fraction of sp³-hybridized carbons (Fsp3) is 0.364. The number of carboxylic acid groups (broad SMARTS) is 1. The zero-order valence-corrected chi connectivity index (χ0v) is 17.1. The van der Waals surface area contributed by atoms with Gasteiger partial charge in [-0.2, -0.15) is 0 Å². The smallest absolute Gasteiger partial charge is 0.255 e. The molecule has 150 valence electrons. The van der Waals surface area contributed by atoms with E-state index in [4.69, 9.17) is 9.47 Å². The van der Waals surface area contributed by atoms with E-state index >= 15 is 0 Å². The molecule has 0 heterocycles. The van der Waals surface area contributed by atoms with Gasteiger partial charge in [-0.3, -0.25) is 4.79 Å². The Morgan fingerprint density at radius 1 is 0.893 bits per heavy atom. The molecule has 0 fully saturated rings. The highest BCUT2D eigenvalue weighted by Crippen LogP contribution is 2.34. The zero-order chi connectivity index (χ0) is 21.0. The molecule has 28 heavy (non-hydrogen) atoms. The molecule has 0 unspecified atom stereocenters. The second-order valence-electron chi connectivity index (χ2n) is 7.15. The van der Waals surface area contributed by atoms with Gasteiger partial charge in [-0.25, -0.2) is 0 Å². The lowest BCUT2D eigenvalue weighted by molar-refractivity contribution is -0.254. The number of anilines is 1. The van der Waals surface area contributed by atoms with Crippen molar-refractivity contribution in [2.45, 2.75) is 39.5 Å². The number of aromatic carboxylic acids is 1. The highest BCUT2D eigenvalue weighted by Gasteiger charge is 2.19. The number of carboxylic acids is 1. The normalized spacial score (nSPS) is 10.9. The maximum Gasteiger partial charge on any atom is 0.255 e. The highest BCUT2D eigenvalue weighted by atomic mass is 16.5. The summed E-state index contributed by atoms with van der Waals surface area (Å²) >= 11 is 0. The molecular weight excluding hydrogens is 358 g/mol. The van der Waals surface area contributed by atoms with E-state index in [1.807, 2.05) is 26.0 Å². The Morgan fingerprint density at radius 2 is 1.50 bits per heavy atom. The Hall–Kier alpha value is -3.02. The number of rotatable bonds is 7. The number of benzene rings is 2. The molecule has 0 radical (unpaired) electrons. The van der Waals surface area contributed by atoms with Crippen molar-refractivity contribution < 1.29 is 24.2 Å². The number of nitrogens with one attached hydrogen (secondary N) is 1. The first-order chi connectivity index (χ1) is 13.2. The van der Waals surface area contributed by atoms with E-state index in [0.717, 1.165) is 11.1 Å². The summed E-state index contributed by atoms with van der Waals surface area (Å²) in [6.45, 7) is 8.21. The molecule has 0 saturated carbocycles. The summed E-state index contributed by atoms with van der Waals surface area (Å²) in [5, 5.41) is 14.2. The third-order valence-corrected chi connectivity index (χ3v) is 4.60. The van der Waals surface area contributed by atoms with Gasteiger partial charge in [-0.1, -0.05) is 39.8 Å². The van der Waals surface area contributed by atoms with Crippen LogP contribution in [0.3, 0.4) is 0 Å². The number of hydrogen-bond acceptors (Lipinski definition) is 5. The molecule has 1 amide bonds. The van der Waals surface area contributed by atoms with Gasteiger partial charge in [0, 0.05) is 17.2 Å². The summed E-state index contributed by atoms with van der Waals surface area (Å²) in [6, 6.07) is 8.41. The second kappa shape index (κ2) is 8.78. The van der Waals surface area contributed by atoms with Crippen molar-refractivity contribution in [3.63, 3.8) is 0 Å². The van der Waals surface area contributed by atoms with Crippen LogP contribution in [0.15, 0.2) is 30.3 Å². The largest absolute Gasteiger partial charge is 0.545 e. The molecule has 6 nitrogen and oxygen atoms in total. The highest BCUT2D eigenvalue weighted by molar-refractivity contribution is 6.08. The molecule has 0 aliphatic carbocycles. The lowest BCUT2D eigenvalue weighted by Crippen LogP contribution is -2.25. The number of ether oxygens (including phenoxy) is 2. The van der Waals surface area contributed by atoms with Crippen LogP contribution in [0.25, 0.3) is 0 Å². The van der Waals surface area contributed by atoms with Crippen molar-refractivity contribution in [2.24, 2.45) is 0 Å². The molecule has 0 aromatic heterocycles. The Labute approximate surface area is 165 Å². The van der Waals surface area contributed by atoms with Crippen LogP contribution in [0.5, 0.6) is 11.5 Å². The van der Waals surface area contributed by atoms with Crippen molar-refractivity contribution in [1.82, 2.24) is 0 Å². The van der Waals surface area contributed by atoms with E-state index < -0.39 is 11.9 Å². The lowest BCUT2D eigenvalue weighted by Gasteiger charge is -2.19. The number of carbonyl (C=O) groups excluding carboxylic acids is 2. The van der Waals surface area contributed by atoms with Crippen molar-refractivity contribution >= 4 is 17.6 Å². The quantitative estimate of drug-likeness (QED) is 0.788. The van der Waals surface area contributed by atoms with Gasteiger partial charge in [-0.15, -0.1) is 0 Å².